The molecule has 136 valence electrons. The highest BCUT2D eigenvalue weighted by molar-refractivity contribution is 5.94. The molecule has 0 bridgehead atoms. The summed E-state index contributed by atoms with van der Waals surface area (Å²) in [4.78, 5) is 29.3. The predicted octanol–water partition coefficient (Wildman–Crippen LogP) is 1.95. The largest absolute Gasteiger partial charge is 0.489 e. The number of terminal acetylenes is 1. The van der Waals surface area contributed by atoms with E-state index in [-0.39, 0.29) is 18.5 Å². The zero-order valence-electron chi connectivity index (χ0n) is 14.6. The Balaban J connectivity index is 1.60. The summed E-state index contributed by atoms with van der Waals surface area (Å²) in [7, 11) is 0. The van der Waals surface area contributed by atoms with Crippen LogP contribution in [-0.2, 0) is 9.53 Å². The van der Waals surface area contributed by atoms with Gasteiger partial charge in [-0.15, -0.1) is 6.42 Å². The van der Waals surface area contributed by atoms with E-state index in [1.54, 1.807) is 17.2 Å². The molecule has 2 aliphatic rings. The Kier molecular flexibility index (Phi) is 4.16. The van der Waals surface area contributed by atoms with Crippen molar-refractivity contribution in [2.45, 2.75) is 19.1 Å². The number of hydrogen-bond acceptors (Lipinski definition) is 5. The number of carbonyl (C=O) groups excluding carboxylic acids is 2. The third kappa shape index (κ3) is 3.06. The quantitative estimate of drug-likeness (QED) is 0.843. The fraction of sp³-hybridized carbons (Fsp3) is 0.250. The molecule has 2 aromatic rings. The zero-order valence-corrected chi connectivity index (χ0v) is 14.6. The lowest BCUT2D eigenvalue weighted by molar-refractivity contribution is -0.119. The van der Waals surface area contributed by atoms with Crippen LogP contribution >= 0.6 is 0 Å². The average Bonchev–Trinajstić information content (AvgIpc) is 3.02. The molecule has 4 rings (SSSR count). The highest BCUT2D eigenvalue weighted by atomic mass is 16.6. The van der Waals surface area contributed by atoms with E-state index >= 15 is 0 Å². The van der Waals surface area contributed by atoms with Crippen LogP contribution in [0.1, 0.15) is 12.6 Å². The lowest BCUT2D eigenvalue weighted by Crippen LogP contribution is -2.47. The molecule has 0 aliphatic carbocycles. The molecular weight excluding hydrogens is 346 g/mol. The van der Waals surface area contributed by atoms with Crippen molar-refractivity contribution in [1.82, 2.24) is 10.3 Å². The van der Waals surface area contributed by atoms with Gasteiger partial charge in [0.05, 0.1) is 12.2 Å². The fourth-order valence-electron chi connectivity index (χ4n) is 3.28. The number of benzene rings is 1. The molecule has 1 saturated heterocycles. The maximum Gasteiger partial charge on any atom is 0.415 e. The Hall–Kier alpha value is -3.53. The Morgan fingerprint density at radius 2 is 2.19 bits per heavy atom. The summed E-state index contributed by atoms with van der Waals surface area (Å²) in [6, 6.07) is 8.98. The standard InChI is InChI=1S/C20H17N3O4/c1-3-15-6-4-14(9-22-15)13-5-7-16-18(8-13)26-11-17-19(10-21-12(2)24)27-20(25)23(16)17/h1,4-9,17,19H,10-11H2,2H3,(H,21,24)/t17-,19-/m0/s1. The maximum atomic E-state index is 12.4. The maximum absolute atomic E-state index is 12.4. The topological polar surface area (TPSA) is 80.8 Å². The van der Waals surface area contributed by atoms with E-state index in [1.807, 2.05) is 24.3 Å². The first kappa shape index (κ1) is 16.9. The molecule has 7 heteroatoms. The van der Waals surface area contributed by atoms with Gasteiger partial charge in [0.1, 0.15) is 30.2 Å². The molecule has 1 fully saturated rings. The molecule has 0 spiro atoms. The minimum Gasteiger partial charge on any atom is -0.489 e. The van der Waals surface area contributed by atoms with Crippen LogP contribution in [0.25, 0.3) is 11.1 Å². The van der Waals surface area contributed by atoms with Gasteiger partial charge in [0.15, 0.2) is 0 Å². The monoisotopic (exact) mass is 363 g/mol. The number of aromatic nitrogens is 1. The van der Waals surface area contributed by atoms with Crippen molar-refractivity contribution in [3.8, 4) is 29.2 Å². The van der Waals surface area contributed by atoms with Gasteiger partial charge in [0.25, 0.3) is 0 Å². The molecule has 1 N–H and O–H groups in total. The molecular formula is C20H17N3O4. The second kappa shape index (κ2) is 6.65. The van der Waals surface area contributed by atoms with Gasteiger partial charge in [-0.25, -0.2) is 9.78 Å². The number of rotatable bonds is 3. The van der Waals surface area contributed by atoms with Crippen LogP contribution in [-0.4, -0.2) is 42.3 Å². The van der Waals surface area contributed by atoms with E-state index in [2.05, 4.69) is 16.2 Å². The third-order valence-corrected chi connectivity index (χ3v) is 4.64. The molecule has 7 nitrogen and oxygen atoms in total. The highest BCUT2D eigenvalue weighted by Crippen LogP contribution is 2.40. The number of fused-ring (bicyclic) bond motifs is 3. The minimum atomic E-state index is -0.449. The summed E-state index contributed by atoms with van der Waals surface area (Å²) < 4.78 is 11.3. The van der Waals surface area contributed by atoms with Gasteiger partial charge in [0.2, 0.25) is 5.91 Å². The van der Waals surface area contributed by atoms with Crippen molar-refractivity contribution in [2.75, 3.05) is 18.1 Å². The van der Waals surface area contributed by atoms with Crippen LogP contribution in [0.3, 0.4) is 0 Å². The normalized spacial score (nSPS) is 20.0. The molecule has 0 radical (unpaired) electrons. The minimum absolute atomic E-state index is 0.171. The number of ether oxygens (including phenoxy) is 2. The SMILES string of the molecule is C#Cc1ccc(-c2ccc3c(c2)OC[C@H]2[C@H](CNC(C)=O)OC(=O)N32)cn1. The Morgan fingerprint density at radius 1 is 1.37 bits per heavy atom. The van der Waals surface area contributed by atoms with Crippen LogP contribution in [0, 0.1) is 12.3 Å². The first-order valence-electron chi connectivity index (χ1n) is 8.51. The average molecular weight is 363 g/mol. The molecule has 2 aliphatic heterocycles. The van der Waals surface area contributed by atoms with E-state index in [4.69, 9.17) is 15.9 Å². The second-order valence-corrected chi connectivity index (χ2v) is 6.37. The number of carbonyl (C=O) groups is 2. The molecule has 2 amide bonds. The molecule has 2 atom stereocenters. The van der Waals surface area contributed by atoms with E-state index in [0.717, 1.165) is 11.1 Å². The molecule has 0 saturated carbocycles. The summed E-state index contributed by atoms with van der Waals surface area (Å²) in [5, 5.41) is 2.69. The molecule has 3 heterocycles. The molecule has 0 unspecified atom stereocenters. The van der Waals surface area contributed by atoms with Crippen LogP contribution in [0.15, 0.2) is 36.5 Å². The fourth-order valence-corrected chi connectivity index (χ4v) is 3.28. The number of anilines is 1. The van der Waals surface area contributed by atoms with Crippen LogP contribution in [0.5, 0.6) is 5.75 Å². The van der Waals surface area contributed by atoms with Crippen LogP contribution in [0.2, 0.25) is 0 Å². The number of hydrogen-bond donors (Lipinski definition) is 1. The predicted molar refractivity (Wildman–Crippen MR) is 98.3 cm³/mol. The van der Waals surface area contributed by atoms with Crippen LogP contribution in [0.4, 0.5) is 10.5 Å². The van der Waals surface area contributed by atoms with Gasteiger partial charge in [-0.1, -0.05) is 18.1 Å². The van der Waals surface area contributed by atoms with Gasteiger partial charge < -0.3 is 14.8 Å². The summed E-state index contributed by atoms with van der Waals surface area (Å²) in [6.45, 7) is 1.97. The third-order valence-electron chi connectivity index (χ3n) is 4.64. The van der Waals surface area contributed by atoms with Crippen molar-refractivity contribution >= 4 is 17.7 Å². The Labute approximate surface area is 156 Å². The number of nitrogens with zero attached hydrogens (tertiary/aromatic N) is 2. The number of amides is 2. The van der Waals surface area contributed by atoms with Gasteiger partial charge in [-0.2, -0.15) is 0 Å². The van der Waals surface area contributed by atoms with Crippen LogP contribution < -0.4 is 15.0 Å². The number of nitrogens with one attached hydrogen (secondary N) is 1. The van der Waals surface area contributed by atoms with E-state index in [0.29, 0.717) is 23.7 Å². The molecule has 1 aromatic carbocycles. The lowest BCUT2D eigenvalue weighted by Gasteiger charge is -2.31. The van der Waals surface area contributed by atoms with Gasteiger partial charge >= 0.3 is 6.09 Å². The lowest BCUT2D eigenvalue weighted by atomic mass is 10.0. The van der Waals surface area contributed by atoms with Gasteiger partial charge in [-0.3, -0.25) is 9.69 Å². The zero-order chi connectivity index (χ0) is 19.0. The Morgan fingerprint density at radius 3 is 2.89 bits per heavy atom. The summed E-state index contributed by atoms with van der Waals surface area (Å²) in [5.41, 5.74) is 3.03. The van der Waals surface area contributed by atoms with Gasteiger partial charge in [-0.05, 0) is 23.8 Å². The summed E-state index contributed by atoms with van der Waals surface area (Å²) in [5.74, 6) is 2.92. The Bertz CT molecular complexity index is 949. The smallest absolute Gasteiger partial charge is 0.415 e. The van der Waals surface area contributed by atoms with E-state index < -0.39 is 12.2 Å². The number of pyridine rings is 1. The molecule has 1 aromatic heterocycles. The second-order valence-electron chi connectivity index (χ2n) is 6.37. The van der Waals surface area contributed by atoms with Crippen molar-refractivity contribution in [2.24, 2.45) is 0 Å². The van der Waals surface area contributed by atoms with Crippen molar-refractivity contribution in [3.05, 3.63) is 42.2 Å². The van der Waals surface area contributed by atoms with E-state index in [9.17, 15) is 9.59 Å². The number of cyclic esters (lactones) is 1. The highest BCUT2D eigenvalue weighted by Gasteiger charge is 2.46. The molecule has 27 heavy (non-hydrogen) atoms. The summed E-state index contributed by atoms with van der Waals surface area (Å²) >= 11 is 0. The summed E-state index contributed by atoms with van der Waals surface area (Å²) in [6.07, 6.45) is 6.15. The first-order chi connectivity index (χ1) is 13.1. The van der Waals surface area contributed by atoms with Gasteiger partial charge in [0, 0.05) is 18.7 Å². The van der Waals surface area contributed by atoms with Crippen molar-refractivity contribution < 1.29 is 19.1 Å². The van der Waals surface area contributed by atoms with E-state index in [1.165, 1.54) is 6.92 Å². The van der Waals surface area contributed by atoms with Crippen molar-refractivity contribution in [1.29, 1.82) is 0 Å². The van der Waals surface area contributed by atoms with Crippen molar-refractivity contribution in [3.63, 3.8) is 0 Å². The first-order valence-corrected chi connectivity index (χ1v) is 8.51.